The van der Waals surface area contributed by atoms with Crippen molar-refractivity contribution in [2.24, 2.45) is 11.7 Å². The molecule has 110 valence electrons. The zero-order chi connectivity index (χ0) is 14.3. The Labute approximate surface area is 121 Å². The molecule has 0 spiro atoms. The van der Waals surface area contributed by atoms with E-state index in [9.17, 15) is 8.42 Å². The van der Waals surface area contributed by atoms with Gasteiger partial charge >= 0.3 is 0 Å². The predicted molar refractivity (Wildman–Crippen MR) is 81.2 cm³/mol. The van der Waals surface area contributed by atoms with Crippen molar-refractivity contribution in [1.82, 2.24) is 0 Å². The maximum absolute atomic E-state index is 12.9. The fourth-order valence-electron chi connectivity index (χ4n) is 3.83. The zero-order valence-corrected chi connectivity index (χ0v) is 12.8. The average molecular weight is 293 g/mol. The van der Waals surface area contributed by atoms with Crippen LogP contribution < -0.4 is 5.73 Å². The summed E-state index contributed by atoms with van der Waals surface area (Å²) >= 11 is 0. The van der Waals surface area contributed by atoms with E-state index in [1.165, 1.54) is 0 Å². The van der Waals surface area contributed by atoms with Crippen LogP contribution in [-0.2, 0) is 16.3 Å². The van der Waals surface area contributed by atoms with E-state index < -0.39 is 15.1 Å². The minimum Gasteiger partial charge on any atom is -0.323 e. The van der Waals surface area contributed by atoms with E-state index >= 15 is 0 Å². The van der Waals surface area contributed by atoms with Crippen LogP contribution in [0.3, 0.4) is 0 Å². The van der Waals surface area contributed by atoms with Crippen LogP contribution in [0.2, 0.25) is 0 Å². The van der Waals surface area contributed by atoms with Gasteiger partial charge in [0.15, 0.2) is 9.84 Å². The Morgan fingerprint density at radius 1 is 1.20 bits per heavy atom. The fourth-order valence-corrected chi connectivity index (χ4v) is 6.39. The Morgan fingerprint density at radius 3 is 2.65 bits per heavy atom. The molecule has 0 heterocycles. The van der Waals surface area contributed by atoms with Crippen LogP contribution in [0.4, 0.5) is 0 Å². The number of sulfone groups is 1. The topological polar surface area (TPSA) is 60.2 Å². The van der Waals surface area contributed by atoms with Crippen LogP contribution in [0, 0.1) is 5.92 Å². The van der Waals surface area contributed by atoms with E-state index in [-0.39, 0.29) is 11.3 Å². The van der Waals surface area contributed by atoms with E-state index in [0.29, 0.717) is 12.3 Å². The third-order valence-corrected chi connectivity index (χ3v) is 7.67. The molecule has 2 N–H and O–H groups in total. The lowest BCUT2D eigenvalue weighted by Gasteiger charge is -2.30. The van der Waals surface area contributed by atoms with Crippen LogP contribution in [0.5, 0.6) is 0 Å². The van der Waals surface area contributed by atoms with Crippen molar-refractivity contribution >= 4 is 9.84 Å². The first kappa shape index (κ1) is 14.1. The molecule has 2 aliphatic rings. The quantitative estimate of drug-likeness (QED) is 0.911. The molecule has 3 rings (SSSR count). The third kappa shape index (κ3) is 2.29. The molecule has 0 aliphatic heterocycles. The summed E-state index contributed by atoms with van der Waals surface area (Å²) in [6.07, 6.45) is 4.39. The monoisotopic (exact) mass is 293 g/mol. The Hall–Kier alpha value is -0.870. The molecule has 1 aromatic carbocycles. The molecule has 4 unspecified atom stereocenters. The predicted octanol–water partition coefficient (Wildman–Crippen LogP) is 2.60. The smallest absolute Gasteiger partial charge is 0.158 e. The van der Waals surface area contributed by atoms with Gasteiger partial charge in [-0.3, -0.25) is 0 Å². The van der Waals surface area contributed by atoms with E-state index in [2.05, 4.69) is 6.92 Å². The Balaban J connectivity index is 1.86. The van der Waals surface area contributed by atoms with Gasteiger partial charge in [-0.25, -0.2) is 8.42 Å². The molecule has 0 saturated heterocycles. The normalized spacial score (nSPS) is 33.9. The number of rotatable bonds is 2. The van der Waals surface area contributed by atoms with Crippen LogP contribution in [0.1, 0.15) is 49.8 Å². The molecule has 3 nitrogen and oxygen atoms in total. The van der Waals surface area contributed by atoms with Crippen molar-refractivity contribution in [1.29, 1.82) is 0 Å². The van der Waals surface area contributed by atoms with Crippen molar-refractivity contribution in [3.05, 3.63) is 35.4 Å². The SMILES string of the molecule is CC1CCCC(S(=O)(=O)C2Cc3ccccc3C2N)C1. The van der Waals surface area contributed by atoms with Gasteiger partial charge in [0.25, 0.3) is 0 Å². The van der Waals surface area contributed by atoms with Crippen LogP contribution in [0.15, 0.2) is 24.3 Å². The van der Waals surface area contributed by atoms with Gasteiger partial charge in [-0.15, -0.1) is 0 Å². The van der Waals surface area contributed by atoms with E-state index in [1.54, 1.807) is 0 Å². The molecule has 2 aliphatic carbocycles. The van der Waals surface area contributed by atoms with Gasteiger partial charge < -0.3 is 5.73 Å². The molecule has 0 aromatic heterocycles. The van der Waals surface area contributed by atoms with E-state index in [4.69, 9.17) is 5.73 Å². The lowest BCUT2D eigenvalue weighted by molar-refractivity contribution is 0.379. The second kappa shape index (κ2) is 5.15. The molecule has 20 heavy (non-hydrogen) atoms. The number of hydrogen-bond donors (Lipinski definition) is 1. The first-order valence-corrected chi connectivity index (χ1v) is 9.17. The highest BCUT2D eigenvalue weighted by molar-refractivity contribution is 7.92. The molecule has 0 bridgehead atoms. The summed E-state index contributed by atoms with van der Waals surface area (Å²) in [7, 11) is -3.14. The highest BCUT2D eigenvalue weighted by atomic mass is 32.2. The lowest BCUT2D eigenvalue weighted by Crippen LogP contribution is -2.39. The van der Waals surface area contributed by atoms with Gasteiger partial charge in [-0.05, 0) is 36.3 Å². The van der Waals surface area contributed by atoms with E-state index in [0.717, 1.165) is 36.8 Å². The van der Waals surface area contributed by atoms with Gasteiger partial charge in [-0.2, -0.15) is 0 Å². The number of hydrogen-bond acceptors (Lipinski definition) is 3. The molecule has 1 fully saturated rings. The molecule has 0 amide bonds. The van der Waals surface area contributed by atoms with Crippen molar-refractivity contribution in [2.45, 2.75) is 55.6 Å². The highest BCUT2D eigenvalue weighted by Crippen LogP contribution is 2.38. The van der Waals surface area contributed by atoms with Crippen LogP contribution >= 0.6 is 0 Å². The molecule has 1 saturated carbocycles. The summed E-state index contributed by atoms with van der Waals surface area (Å²) in [6.45, 7) is 2.16. The molecule has 4 heteroatoms. The largest absolute Gasteiger partial charge is 0.323 e. The standard InChI is InChI=1S/C16H23NO2S/c1-11-5-4-7-13(9-11)20(18,19)15-10-12-6-2-3-8-14(12)16(15)17/h2-3,6,8,11,13,15-16H,4-5,7,9-10,17H2,1H3. The first-order chi connectivity index (χ1) is 9.50. The molecular weight excluding hydrogens is 270 g/mol. The van der Waals surface area contributed by atoms with Crippen LogP contribution in [-0.4, -0.2) is 18.9 Å². The number of benzene rings is 1. The summed E-state index contributed by atoms with van der Waals surface area (Å²) in [4.78, 5) is 0. The molecule has 1 aromatic rings. The lowest BCUT2D eigenvalue weighted by atomic mass is 9.90. The molecular formula is C16H23NO2S. The summed E-state index contributed by atoms with van der Waals surface area (Å²) in [6, 6.07) is 7.53. The summed E-state index contributed by atoms with van der Waals surface area (Å²) < 4.78 is 25.9. The maximum atomic E-state index is 12.9. The number of nitrogens with two attached hydrogens (primary N) is 1. The van der Waals surface area contributed by atoms with Gasteiger partial charge in [0.05, 0.1) is 10.5 Å². The van der Waals surface area contributed by atoms with Gasteiger partial charge in [0.1, 0.15) is 0 Å². The number of fused-ring (bicyclic) bond motifs is 1. The minimum atomic E-state index is -3.14. The Kier molecular flexibility index (Phi) is 3.63. The van der Waals surface area contributed by atoms with Crippen molar-refractivity contribution in [2.75, 3.05) is 0 Å². The fraction of sp³-hybridized carbons (Fsp3) is 0.625. The van der Waals surface area contributed by atoms with Gasteiger partial charge in [0.2, 0.25) is 0 Å². The summed E-state index contributed by atoms with van der Waals surface area (Å²) in [5.74, 6) is 0.517. The first-order valence-electron chi connectivity index (χ1n) is 7.56. The van der Waals surface area contributed by atoms with Crippen molar-refractivity contribution in [3.8, 4) is 0 Å². The minimum absolute atomic E-state index is 0.184. The Morgan fingerprint density at radius 2 is 1.95 bits per heavy atom. The summed E-state index contributed by atoms with van der Waals surface area (Å²) in [5.41, 5.74) is 8.37. The van der Waals surface area contributed by atoms with Crippen LogP contribution in [0.25, 0.3) is 0 Å². The van der Waals surface area contributed by atoms with Gasteiger partial charge in [-0.1, -0.05) is 44.0 Å². The summed E-state index contributed by atoms with van der Waals surface area (Å²) in [5, 5.41) is -0.605. The average Bonchev–Trinajstić information content (AvgIpc) is 2.77. The molecule has 4 atom stereocenters. The second-order valence-electron chi connectivity index (χ2n) is 6.45. The molecule has 0 radical (unpaired) electrons. The second-order valence-corrected chi connectivity index (χ2v) is 8.90. The van der Waals surface area contributed by atoms with Crippen molar-refractivity contribution < 1.29 is 8.42 Å². The third-order valence-electron chi connectivity index (χ3n) is 5.01. The van der Waals surface area contributed by atoms with Gasteiger partial charge in [0, 0.05) is 6.04 Å². The highest BCUT2D eigenvalue weighted by Gasteiger charge is 2.43. The Bertz CT molecular complexity index is 596. The maximum Gasteiger partial charge on any atom is 0.158 e. The zero-order valence-electron chi connectivity index (χ0n) is 12.0. The van der Waals surface area contributed by atoms with E-state index in [1.807, 2.05) is 24.3 Å². The van der Waals surface area contributed by atoms with Crippen molar-refractivity contribution in [3.63, 3.8) is 0 Å².